The summed E-state index contributed by atoms with van der Waals surface area (Å²) >= 11 is 0. The van der Waals surface area contributed by atoms with E-state index >= 15 is 0 Å². The fourth-order valence-corrected chi connectivity index (χ4v) is 2.08. The van der Waals surface area contributed by atoms with E-state index in [9.17, 15) is 23.2 Å². The summed E-state index contributed by atoms with van der Waals surface area (Å²) in [6, 6.07) is 5.92. The number of hydrogen-bond acceptors (Lipinski definition) is 4. The molecule has 22 heavy (non-hydrogen) atoms. The molecule has 1 aromatic rings. The number of benzene rings is 1. The second kappa shape index (κ2) is 5.82. The Morgan fingerprint density at radius 2 is 1.73 bits per heavy atom. The van der Waals surface area contributed by atoms with Gasteiger partial charge in [-0.2, -0.15) is 0 Å². The van der Waals surface area contributed by atoms with Gasteiger partial charge in [0.1, 0.15) is 0 Å². The average Bonchev–Trinajstić information content (AvgIpc) is 2.72. The van der Waals surface area contributed by atoms with Crippen LogP contribution in [-0.4, -0.2) is 35.7 Å². The Morgan fingerprint density at radius 3 is 2.18 bits per heavy atom. The van der Waals surface area contributed by atoms with E-state index < -0.39 is 36.0 Å². The molecular formula is C15H15F2NO4. The fourth-order valence-electron chi connectivity index (χ4n) is 2.08. The molecule has 2 amide bonds. The molecule has 1 atom stereocenters. The molecule has 0 saturated carbocycles. The van der Waals surface area contributed by atoms with E-state index in [2.05, 4.69) is 4.84 Å². The molecule has 0 radical (unpaired) electrons. The lowest BCUT2D eigenvalue weighted by Crippen LogP contribution is -2.41. The first-order chi connectivity index (χ1) is 10.3. The summed E-state index contributed by atoms with van der Waals surface area (Å²) < 4.78 is 26.5. The lowest BCUT2D eigenvalue weighted by molar-refractivity contribution is -0.179. The molecule has 1 unspecified atom stereocenters. The van der Waals surface area contributed by atoms with Crippen molar-refractivity contribution in [1.29, 1.82) is 0 Å². The summed E-state index contributed by atoms with van der Waals surface area (Å²) in [4.78, 5) is 40.4. The third kappa shape index (κ3) is 2.70. The van der Waals surface area contributed by atoms with Crippen LogP contribution in [0.3, 0.4) is 0 Å². The molecule has 0 aliphatic carbocycles. The quantitative estimate of drug-likeness (QED) is 0.784. The van der Waals surface area contributed by atoms with E-state index in [0.717, 1.165) is 0 Å². The maximum Gasteiger partial charge on any atom is 0.367 e. The molecule has 2 rings (SSSR count). The highest BCUT2D eigenvalue weighted by atomic mass is 19.1. The first-order valence-corrected chi connectivity index (χ1v) is 6.69. The predicted molar refractivity (Wildman–Crippen MR) is 72.3 cm³/mol. The zero-order valence-corrected chi connectivity index (χ0v) is 12.1. The topological polar surface area (TPSA) is 63.7 Å². The minimum absolute atomic E-state index is 0.0822. The highest BCUT2D eigenvalue weighted by molar-refractivity contribution is 6.20. The van der Waals surface area contributed by atoms with Crippen LogP contribution in [0, 0.1) is 5.41 Å². The van der Waals surface area contributed by atoms with Crippen LogP contribution < -0.4 is 0 Å². The van der Waals surface area contributed by atoms with Gasteiger partial charge in [0.15, 0.2) is 0 Å². The van der Waals surface area contributed by atoms with Gasteiger partial charge in [-0.15, -0.1) is 0 Å². The number of carbonyl (C=O) groups is 3. The van der Waals surface area contributed by atoms with Crippen molar-refractivity contribution in [3.05, 3.63) is 35.4 Å². The van der Waals surface area contributed by atoms with Crippen molar-refractivity contribution in [3.8, 4) is 0 Å². The van der Waals surface area contributed by atoms with Crippen molar-refractivity contribution in [1.82, 2.24) is 5.06 Å². The molecule has 118 valence electrons. The van der Waals surface area contributed by atoms with E-state index in [1.54, 1.807) is 12.1 Å². The van der Waals surface area contributed by atoms with E-state index in [-0.39, 0.29) is 22.6 Å². The highest BCUT2D eigenvalue weighted by Gasteiger charge is 2.43. The number of alkyl halides is 2. The van der Waals surface area contributed by atoms with Gasteiger partial charge in [0.25, 0.3) is 11.8 Å². The molecule has 1 aliphatic heterocycles. The van der Waals surface area contributed by atoms with Crippen LogP contribution in [-0.2, 0) is 9.63 Å². The molecule has 0 spiro atoms. The minimum atomic E-state index is -2.16. The first-order valence-electron chi connectivity index (χ1n) is 6.69. The molecular weight excluding hydrogens is 296 g/mol. The summed E-state index contributed by atoms with van der Waals surface area (Å²) in [6.45, 7) is 1.93. The van der Waals surface area contributed by atoms with Crippen LogP contribution in [0.4, 0.5) is 8.78 Å². The van der Waals surface area contributed by atoms with Crippen molar-refractivity contribution < 1.29 is 28.0 Å². The number of rotatable bonds is 5. The molecule has 0 fully saturated rings. The van der Waals surface area contributed by atoms with Crippen LogP contribution in [0.25, 0.3) is 0 Å². The molecule has 1 aliphatic rings. The van der Waals surface area contributed by atoms with Gasteiger partial charge in [-0.3, -0.25) is 14.0 Å². The van der Waals surface area contributed by atoms with Gasteiger partial charge >= 0.3 is 5.97 Å². The third-order valence-corrected chi connectivity index (χ3v) is 3.57. The molecule has 1 aromatic carbocycles. The minimum Gasteiger partial charge on any atom is -0.326 e. The average molecular weight is 311 g/mol. The van der Waals surface area contributed by atoms with Gasteiger partial charge in [-0.05, 0) is 18.6 Å². The van der Waals surface area contributed by atoms with Crippen LogP contribution in [0.1, 0.15) is 41.0 Å². The number of imide groups is 1. The molecule has 0 bridgehead atoms. The van der Waals surface area contributed by atoms with Crippen molar-refractivity contribution in [2.24, 2.45) is 5.41 Å². The van der Waals surface area contributed by atoms with Crippen molar-refractivity contribution in [2.75, 3.05) is 6.67 Å². The van der Waals surface area contributed by atoms with Gasteiger partial charge in [0, 0.05) is 5.41 Å². The van der Waals surface area contributed by atoms with E-state index in [0.29, 0.717) is 0 Å². The monoisotopic (exact) mass is 311 g/mol. The molecule has 7 heteroatoms. The Bertz CT molecular complexity index is 595. The zero-order chi connectivity index (χ0) is 16.5. The summed E-state index contributed by atoms with van der Waals surface area (Å²) in [5, 5.41) is 0.241. The Hall–Kier alpha value is -2.31. The Labute approximate surface area is 125 Å². The number of fused-ring (bicyclic) bond motifs is 1. The summed E-state index contributed by atoms with van der Waals surface area (Å²) in [5.41, 5.74) is -1.14. The van der Waals surface area contributed by atoms with Crippen LogP contribution in [0.5, 0.6) is 0 Å². The lowest BCUT2D eigenvalue weighted by atomic mass is 9.84. The Balaban J connectivity index is 2.14. The van der Waals surface area contributed by atoms with E-state index in [1.807, 2.05) is 0 Å². The molecule has 0 aromatic heterocycles. The molecule has 1 heterocycles. The van der Waals surface area contributed by atoms with Crippen molar-refractivity contribution in [2.45, 2.75) is 26.4 Å². The maximum absolute atomic E-state index is 14.1. The summed E-state index contributed by atoms with van der Waals surface area (Å²) in [6.07, 6.45) is -2.35. The second-order valence-electron chi connectivity index (χ2n) is 5.65. The van der Waals surface area contributed by atoms with Gasteiger partial charge in [-0.1, -0.05) is 31.0 Å². The van der Waals surface area contributed by atoms with E-state index in [1.165, 1.54) is 26.0 Å². The maximum atomic E-state index is 14.1. The van der Waals surface area contributed by atoms with Crippen LogP contribution >= 0.6 is 0 Å². The SMILES string of the molecule is CC(C)(CCF)C(F)C(=O)ON1C(=O)c2ccccc2C1=O. The predicted octanol–water partition coefficient (Wildman–Crippen LogP) is 2.46. The van der Waals surface area contributed by atoms with Gasteiger partial charge in [0.2, 0.25) is 6.17 Å². The summed E-state index contributed by atoms with van der Waals surface area (Å²) in [5.74, 6) is -3.05. The van der Waals surface area contributed by atoms with Crippen LogP contribution in [0.15, 0.2) is 24.3 Å². The van der Waals surface area contributed by atoms with Crippen LogP contribution in [0.2, 0.25) is 0 Å². The number of halogens is 2. The highest BCUT2D eigenvalue weighted by Crippen LogP contribution is 2.30. The van der Waals surface area contributed by atoms with Gasteiger partial charge in [0.05, 0.1) is 17.8 Å². The third-order valence-electron chi connectivity index (χ3n) is 3.57. The second-order valence-corrected chi connectivity index (χ2v) is 5.65. The van der Waals surface area contributed by atoms with Gasteiger partial charge in [-0.25, -0.2) is 9.18 Å². The lowest BCUT2D eigenvalue weighted by Gasteiger charge is -2.26. The summed E-state index contributed by atoms with van der Waals surface area (Å²) in [7, 11) is 0. The zero-order valence-electron chi connectivity index (χ0n) is 12.1. The fraction of sp³-hybridized carbons (Fsp3) is 0.400. The van der Waals surface area contributed by atoms with Crippen molar-refractivity contribution >= 4 is 17.8 Å². The number of nitrogens with zero attached hydrogens (tertiary/aromatic N) is 1. The Morgan fingerprint density at radius 1 is 1.23 bits per heavy atom. The van der Waals surface area contributed by atoms with Gasteiger partial charge < -0.3 is 4.84 Å². The smallest absolute Gasteiger partial charge is 0.326 e. The molecule has 0 saturated heterocycles. The Kier molecular flexibility index (Phi) is 4.25. The largest absolute Gasteiger partial charge is 0.367 e. The standard InChI is InChI=1S/C15H15F2NO4/c1-15(2,7-8-16)11(17)14(21)22-18-12(19)9-5-3-4-6-10(9)13(18)20/h3-6,11H,7-8H2,1-2H3. The van der Waals surface area contributed by atoms with Crippen molar-refractivity contribution in [3.63, 3.8) is 0 Å². The number of hydrogen-bond donors (Lipinski definition) is 0. The van der Waals surface area contributed by atoms with E-state index in [4.69, 9.17) is 0 Å². The number of amides is 2. The first kappa shape index (κ1) is 16.1. The molecule has 0 N–H and O–H groups in total. The number of hydroxylamine groups is 2. The molecule has 5 nitrogen and oxygen atoms in total. The normalized spacial score (nSPS) is 15.7. The number of carbonyl (C=O) groups excluding carboxylic acids is 3.